The van der Waals surface area contributed by atoms with Crippen molar-refractivity contribution in [1.82, 2.24) is 35.1 Å². The molecule has 5 heterocycles. The van der Waals surface area contributed by atoms with Gasteiger partial charge in [0.1, 0.15) is 23.3 Å². The van der Waals surface area contributed by atoms with Crippen LogP contribution in [0.1, 0.15) is 64.3 Å². The van der Waals surface area contributed by atoms with E-state index in [1.807, 2.05) is 23.1 Å². The van der Waals surface area contributed by atoms with Gasteiger partial charge in [0.2, 0.25) is 17.7 Å². The lowest BCUT2D eigenvalue weighted by molar-refractivity contribution is -0.135. The number of fused-ring (bicyclic) bond motifs is 1. The average Bonchev–Trinajstić information content (AvgIpc) is 3.57. The highest BCUT2D eigenvalue weighted by Gasteiger charge is 2.29. The Kier molecular flexibility index (Phi) is 10.4. The Morgan fingerprint density at radius 3 is 2.46 bits per heavy atom. The number of carbonyl (C=O) groups is 4. The number of piperidine rings is 2. The lowest BCUT2D eigenvalue weighted by Gasteiger charge is -2.37. The normalized spacial score (nSPS) is 20.6. The van der Waals surface area contributed by atoms with Crippen molar-refractivity contribution in [3.63, 3.8) is 0 Å². The minimum Gasteiger partial charge on any atom is -0.496 e. The molecule has 1 aromatic heterocycles. The Morgan fingerprint density at radius 2 is 1.75 bits per heavy atom. The largest absolute Gasteiger partial charge is 0.496 e. The van der Waals surface area contributed by atoms with Gasteiger partial charge in [0.05, 0.1) is 19.9 Å². The van der Waals surface area contributed by atoms with Crippen LogP contribution in [0.5, 0.6) is 5.75 Å². The van der Waals surface area contributed by atoms with Crippen LogP contribution in [0, 0.1) is 5.82 Å². The molecule has 4 aliphatic heterocycles. The molecular formula is C38H45FN8O5. The number of hydrogen-bond acceptors (Lipinski definition) is 9. The molecule has 4 amide bonds. The number of benzene rings is 2. The summed E-state index contributed by atoms with van der Waals surface area (Å²) in [5.74, 6) is -0.103. The smallest absolute Gasteiger partial charge is 0.275 e. The molecule has 3 fully saturated rings. The zero-order valence-corrected chi connectivity index (χ0v) is 29.6. The van der Waals surface area contributed by atoms with Gasteiger partial charge in [0.15, 0.2) is 0 Å². The first-order valence-corrected chi connectivity index (χ1v) is 17.9. The second-order valence-electron chi connectivity index (χ2n) is 14.1. The molecule has 14 heteroatoms. The van der Waals surface area contributed by atoms with E-state index in [0.717, 1.165) is 42.8 Å². The van der Waals surface area contributed by atoms with Gasteiger partial charge in [0, 0.05) is 75.6 Å². The van der Waals surface area contributed by atoms with Gasteiger partial charge in [-0.15, -0.1) is 0 Å². The van der Waals surface area contributed by atoms with Gasteiger partial charge < -0.3 is 19.9 Å². The van der Waals surface area contributed by atoms with Crippen molar-refractivity contribution in [2.24, 2.45) is 0 Å². The highest BCUT2D eigenvalue weighted by Crippen LogP contribution is 2.33. The third-order valence-electron chi connectivity index (χ3n) is 10.7. The summed E-state index contributed by atoms with van der Waals surface area (Å²) in [6.45, 7) is 4.86. The van der Waals surface area contributed by atoms with Gasteiger partial charge in [0.25, 0.3) is 5.91 Å². The van der Waals surface area contributed by atoms with Gasteiger partial charge in [-0.05, 0) is 79.2 Å². The maximum atomic E-state index is 15.7. The second kappa shape index (κ2) is 15.3. The third kappa shape index (κ3) is 7.72. The second-order valence-corrected chi connectivity index (χ2v) is 14.1. The number of nitrogens with zero attached hydrogens (tertiary/aromatic N) is 5. The van der Waals surface area contributed by atoms with Gasteiger partial charge in [-0.1, -0.05) is 12.1 Å². The molecule has 3 aromatic rings. The molecule has 13 nitrogen and oxygen atoms in total. The monoisotopic (exact) mass is 712 g/mol. The third-order valence-corrected chi connectivity index (χ3v) is 10.7. The highest BCUT2D eigenvalue weighted by molar-refractivity contribution is 6.01. The summed E-state index contributed by atoms with van der Waals surface area (Å²) in [7, 11) is 3.20. The molecule has 2 aromatic carbocycles. The van der Waals surface area contributed by atoms with E-state index < -0.39 is 6.04 Å². The van der Waals surface area contributed by atoms with E-state index >= 15 is 4.39 Å². The summed E-state index contributed by atoms with van der Waals surface area (Å²) >= 11 is 0. The number of anilines is 1. The molecule has 4 aliphatic rings. The van der Waals surface area contributed by atoms with Crippen molar-refractivity contribution < 1.29 is 28.3 Å². The summed E-state index contributed by atoms with van der Waals surface area (Å²) < 4.78 is 21.4. The number of allylic oxidation sites excluding steroid dienone is 1. The van der Waals surface area contributed by atoms with E-state index in [4.69, 9.17) is 4.74 Å². The standard InChI is InChI=1S/C38H45FN8O5/c1-44-21-28(17-27-20-40-43-36(27)38(44)51)26-18-31(39)30(33(19-26)52-2)22-46-13-15-47(16-14-46)35(49)23-45-11-9-25(10-12-45)24-3-5-29(6-4-24)41-32-7-8-34(48)42-37(32)50/h3-6,18-21,25,32,41H,7-17,22-23H2,1-2H3,(H,40,43)(H,42,48,50). The Labute approximate surface area is 302 Å². The molecule has 0 saturated carbocycles. The fourth-order valence-electron chi connectivity index (χ4n) is 7.64. The van der Waals surface area contributed by atoms with Crippen LogP contribution in [-0.4, -0.2) is 119 Å². The molecule has 52 heavy (non-hydrogen) atoms. The number of likely N-dealkylation sites (tertiary alicyclic amines) is 1. The van der Waals surface area contributed by atoms with Crippen molar-refractivity contribution in [3.8, 4) is 5.75 Å². The summed E-state index contributed by atoms with van der Waals surface area (Å²) in [5, 5.41) is 12.4. The predicted molar refractivity (Wildman–Crippen MR) is 192 cm³/mol. The molecule has 7 rings (SSSR count). The van der Waals surface area contributed by atoms with Gasteiger partial charge in [-0.25, -0.2) is 4.39 Å². The number of hydrogen-bond donors (Lipinski definition) is 3. The number of carbonyl (C=O) groups excluding carboxylic acids is 4. The number of imide groups is 1. The van der Waals surface area contributed by atoms with E-state index in [9.17, 15) is 19.2 Å². The number of H-pyrrole nitrogens is 1. The van der Waals surface area contributed by atoms with E-state index in [-0.39, 0.29) is 29.4 Å². The molecule has 0 spiro atoms. The Bertz CT molecular complexity index is 1860. The van der Waals surface area contributed by atoms with E-state index in [1.165, 1.54) is 23.6 Å². The van der Waals surface area contributed by atoms with Crippen molar-refractivity contribution in [2.75, 3.05) is 65.3 Å². The Balaban J connectivity index is 0.875. The molecule has 3 N–H and O–H groups in total. The molecule has 274 valence electrons. The number of aromatic nitrogens is 2. The summed E-state index contributed by atoms with van der Waals surface area (Å²) in [6, 6.07) is 11.1. The van der Waals surface area contributed by atoms with Crippen LogP contribution >= 0.6 is 0 Å². The maximum Gasteiger partial charge on any atom is 0.275 e. The molecule has 0 aliphatic carbocycles. The van der Waals surface area contributed by atoms with Crippen molar-refractivity contribution in [2.45, 2.75) is 50.6 Å². The Hall–Kier alpha value is -5.08. The predicted octanol–water partition coefficient (Wildman–Crippen LogP) is 2.97. The van der Waals surface area contributed by atoms with Crippen LogP contribution in [0.25, 0.3) is 5.57 Å². The van der Waals surface area contributed by atoms with Crippen LogP contribution < -0.4 is 15.4 Å². The van der Waals surface area contributed by atoms with Crippen LogP contribution in [-0.2, 0) is 27.3 Å². The van der Waals surface area contributed by atoms with E-state index in [2.05, 4.69) is 42.8 Å². The molecule has 1 atom stereocenters. The number of halogens is 1. The Morgan fingerprint density at radius 1 is 1.00 bits per heavy atom. The molecule has 3 saturated heterocycles. The fraction of sp³-hybridized carbons (Fsp3) is 0.447. The highest BCUT2D eigenvalue weighted by atomic mass is 19.1. The van der Waals surface area contributed by atoms with Crippen LogP contribution in [0.4, 0.5) is 10.1 Å². The average molecular weight is 713 g/mol. The first kappa shape index (κ1) is 35.3. The summed E-state index contributed by atoms with van der Waals surface area (Å²) in [6.07, 6.45) is 6.54. The fourth-order valence-corrected chi connectivity index (χ4v) is 7.64. The minimum atomic E-state index is -0.405. The SMILES string of the molecule is COc1cc(C2=CN(C)C(=O)c3[nH]ncc3C2)cc(F)c1CN1CCN(C(=O)CN2CCC(c3ccc(NC4CCC(=O)NC4=O)cc3)CC2)CC1. The number of piperazine rings is 1. The van der Waals surface area contributed by atoms with Gasteiger partial charge in [-0.3, -0.25) is 39.4 Å². The summed E-state index contributed by atoms with van der Waals surface area (Å²) in [5.41, 5.74) is 5.19. The molecule has 0 bridgehead atoms. The number of ether oxygens (including phenoxy) is 1. The van der Waals surface area contributed by atoms with Gasteiger partial charge >= 0.3 is 0 Å². The first-order chi connectivity index (χ1) is 25.1. The lowest BCUT2D eigenvalue weighted by Crippen LogP contribution is -2.51. The van der Waals surface area contributed by atoms with Crippen molar-refractivity contribution >= 4 is 34.9 Å². The lowest BCUT2D eigenvalue weighted by atomic mass is 9.89. The van der Waals surface area contributed by atoms with Crippen LogP contribution in [0.3, 0.4) is 0 Å². The zero-order chi connectivity index (χ0) is 36.4. The zero-order valence-electron chi connectivity index (χ0n) is 29.6. The van der Waals surface area contributed by atoms with Crippen LogP contribution in [0.15, 0.2) is 48.8 Å². The number of amides is 4. The summed E-state index contributed by atoms with van der Waals surface area (Å²) in [4.78, 5) is 57.3. The quantitative estimate of drug-likeness (QED) is 0.286. The van der Waals surface area contributed by atoms with E-state index in [0.29, 0.717) is 87.0 Å². The van der Waals surface area contributed by atoms with E-state index in [1.54, 1.807) is 19.4 Å². The first-order valence-electron chi connectivity index (χ1n) is 17.9. The van der Waals surface area contributed by atoms with Crippen molar-refractivity contribution in [3.05, 3.63) is 82.6 Å². The molecule has 1 unspecified atom stereocenters. The molecular weight excluding hydrogens is 667 g/mol. The van der Waals surface area contributed by atoms with Crippen LogP contribution in [0.2, 0.25) is 0 Å². The number of nitrogens with one attached hydrogen (secondary N) is 3. The molecule has 0 radical (unpaired) electrons. The van der Waals surface area contributed by atoms with Gasteiger partial charge in [-0.2, -0.15) is 5.10 Å². The maximum absolute atomic E-state index is 15.7. The number of rotatable bonds is 9. The van der Waals surface area contributed by atoms with Crippen molar-refractivity contribution in [1.29, 1.82) is 0 Å². The number of aromatic amines is 1. The minimum absolute atomic E-state index is 0.121. The topological polar surface area (TPSA) is 143 Å². The number of methoxy groups -OCH3 is 1.